The van der Waals surface area contributed by atoms with Gasteiger partial charge in [-0.15, -0.1) is 0 Å². The summed E-state index contributed by atoms with van der Waals surface area (Å²) in [5, 5.41) is 7.45. The van der Waals surface area contributed by atoms with Gasteiger partial charge in [0.15, 0.2) is 15.8 Å². The van der Waals surface area contributed by atoms with Gasteiger partial charge in [-0.25, -0.2) is 18.4 Å². The number of benzene rings is 1. The smallest absolute Gasteiger partial charge is 0.191 e. The molecule has 0 spiro atoms. The summed E-state index contributed by atoms with van der Waals surface area (Å²) in [5.41, 5.74) is 1.81. The van der Waals surface area contributed by atoms with Crippen molar-refractivity contribution in [1.82, 2.24) is 15.6 Å². The molecule has 3 rings (SSSR count). The molecule has 1 atom stereocenters. The first-order valence-corrected chi connectivity index (χ1v) is 12.4. The molecule has 0 amide bonds. The van der Waals surface area contributed by atoms with Crippen molar-refractivity contribution >= 4 is 33.2 Å². The molecule has 30 heavy (non-hydrogen) atoms. The molecule has 1 aromatic heterocycles. The Bertz CT molecular complexity index is 979. The predicted molar refractivity (Wildman–Crippen MR) is 123 cm³/mol. The molecule has 1 aliphatic rings. The number of sulfone groups is 1. The third-order valence-corrected chi connectivity index (χ3v) is 5.94. The zero-order chi connectivity index (χ0) is 21.6. The number of hydrogen-bond donors (Lipinski definition) is 2. The molecule has 9 heteroatoms. The van der Waals surface area contributed by atoms with Crippen LogP contribution in [0.3, 0.4) is 0 Å². The average molecular weight is 450 g/mol. The fraction of sp³-hybridized carbons (Fsp3) is 0.429. The quantitative estimate of drug-likeness (QED) is 0.499. The van der Waals surface area contributed by atoms with Gasteiger partial charge in [0.2, 0.25) is 0 Å². The molecule has 0 saturated carbocycles. The summed E-state index contributed by atoms with van der Waals surface area (Å²) in [5.74, 6) is 1.63. The summed E-state index contributed by atoms with van der Waals surface area (Å²) in [6, 6.07) is 11.5. The van der Waals surface area contributed by atoms with Crippen LogP contribution in [0.5, 0.6) is 0 Å². The van der Waals surface area contributed by atoms with Crippen LogP contribution in [0.2, 0.25) is 5.02 Å². The van der Waals surface area contributed by atoms with Crippen molar-refractivity contribution in [2.75, 3.05) is 30.8 Å². The maximum atomic E-state index is 11.4. The van der Waals surface area contributed by atoms with Crippen molar-refractivity contribution < 1.29 is 8.42 Å². The SMILES string of the molecule is CCNC(=NCc1ccc(CS(C)(=O)=O)cc1)NC1CCN(c2ncccc2Cl)C1. The molecule has 1 saturated heterocycles. The van der Waals surface area contributed by atoms with Gasteiger partial charge in [-0.05, 0) is 36.6 Å². The molecule has 1 aliphatic heterocycles. The first-order chi connectivity index (χ1) is 14.3. The largest absolute Gasteiger partial charge is 0.357 e. The number of halogens is 1. The molecule has 0 radical (unpaired) electrons. The lowest BCUT2D eigenvalue weighted by Crippen LogP contribution is -2.44. The summed E-state index contributed by atoms with van der Waals surface area (Å²) < 4.78 is 22.8. The molecule has 2 N–H and O–H groups in total. The van der Waals surface area contributed by atoms with Gasteiger partial charge >= 0.3 is 0 Å². The third-order valence-electron chi connectivity index (χ3n) is 4.78. The van der Waals surface area contributed by atoms with E-state index in [1.807, 2.05) is 43.3 Å². The van der Waals surface area contributed by atoms with E-state index in [0.29, 0.717) is 11.6 Å². The van der Waals surface area contributed by atoms with Gasteiger partial charge in [0, 0.05) is 38.1 Å². The number of anilines is 1. The van der Waals surface area contributed by atoms with E-state index in [1.54, 1.807) is 6.20 Å². The van der Waals surface area contributed by atoms with Crippen LogP contribution in [0.4, 0.5) is 5.82 Å². The summed E-state index contributed by atoms with van der Waals surface area (Å²) >= 11 is 6.28. The van der Waals surface area contributed by atoms with Crippen LogP contribution < -0.4 is 15.5 Å². The maximum Gasteiger partial charge on any atom is 0.191 e. The van der Waals surface area contributed by atoms with Gasteiger partial charge in [0.05, 0.1) is 17.3 Å². The topological polar surface area (TPSA) is 86.7 Å². The van der Waals surface area contributed by atoms with Crippen molar-refractivity contribution in [3.05, 3.63) is 58.7 Å². The minimum Gasteiger partial charge on any atom is -0.357 e. The Morgan fingerprint density at radius 2 is 2.00 bits per heavy atom. The fourth-order valence-corrected chi connectivity index (χ4v) is 4.45. The predicted octanol–water partition coefficient (Wildman–Crippen LogP) is 2.61. The molecule has 1 fully saturated rings. The van der Waals surface area contributed by atoms with E-state index in [1.165, 1.54) is 6.26 Å². The molecule has 0 bridgehead atoms. The lowest BCUT2D eigenvalue weighted by Gasteiger charge is -2.20. The second-order valence-electron chi connectivity index (χ2n) is 7.47. The van der Waals surface area contributed by atoms with E-state index >= 15 is 0 Å². The van der Waals surface area contributed by atoms with E-state index in [4.69, 9.17) is 11.6 Å². The van der Waals surface area contributed by atoms with Crippen LogP contribution >= 0.6 is 11.6 Å². The van der Waals surface area contributed by atoms with Crippen molar-refractivity contribution in [2.45, 2.75) is 31.7 Å². The third kappa shape index (κ3) is 6.60. The van der Waals surface area contributed by atoms with Crippen molar-refractivity contribution in [2.24, 2.45) is 4.99 Å². The van der Waals surface area contributed by atoms with Crippen LogP contribution in [0.1, 0.15) is 24.5 Å². The molecular formula is C21H28ClN5O2S. The summed E-state index contributed by atoms with van der Waals surface area (Å²) in [6.07, 6.45) is 3.97. The van der Waals surface area contributed by atoms with Crippen molar-refractivity contribution in [3.63, 3.8) is 0 Å². The van der Waals surface area contributed by atoms with E-state index in [9.17, 15) is 8.42 Å². The number of hydrogen-bond acceptors (Lipinski definition) is 5. The minimum atomic E-state index is -3.03. The number of aromatic nitrogens is 1. The standard InChI is InChI=1S/C21H28ClN5O2S/c1-3-23-21(25-13-16-6-8-17(9-7-16)15-30(2,28)29)26-18-10-12-27(14-18)20-19(22)5-4-11-24-20/h4-9,11,18H,3,10,12-15H2,1-2H3,(H2,23,25,26). The monoisotopic (exact) mass is 449 g/mol. The van der Waals surface area contributed by atoms with E-state index in [-0.39, 0.29) is 11.8 Å². The molecule has 2 heterocycles. The Morgan fingerprint density at radius 1 is 1.27 bits per heavy atom. The lowest BCUT2D eigenvalue weighted by atomic mass is 10.1. The molecule has 7 nitrogen and oxygen atoms in total. The van der Waals surface area contributed by atoms with Crippen molar-refractivity contribution in [3.8, 4) is 0 Å². The van der Waals surface area contributed by atoms with Gasteiger partial charge in [0.25, 0.3) is 0 Å². The molecule has 162 valence electrons. The van der Waals surface area contributed by atoms with Crippen LogP contribution in [0, 0.1) is 0 Å². The number of guanidine groups is 1. The van der Waals surface area contributed by atoms with Crippen LogP contribution in [0.25, 0.3) is 0 Å². The number of rotatable bonds is 7. The zero-order valence-electron chi connectivity index (χ0n) is 17.3. The number of pyridine rings is 1. The van der Waals surface area contributed by atoms with Crippen LogP contribution in [-0.4, -0.2) is 51.3 Å². The van der Waals surface area contributed by atoms with Gasteiger partial charge < -0.3 is 15.5 Å². The maximum absolute atomic E-state index is 11.4. The highest BCUT2D eigenvalue weighted by Gasteiger charge is 2.25. The van der Waals surface area contributed by atoms with Gasteiger partial charge in [-0.2, -0.15) is 0 Å². The molecule has 1 unspecified atom stereocenters. The number of nitrogens with one attached hydrogen (secondary N) is 2. The molecule has 1 aromatic carbocycles. The summed E-state index contributed by atoms with van der Waals surface area (Å²) in [6.45, 7) is 5.00. The van der Waals surface area contributed by atoms with Crippen LogP contribution in [-0.2, 0) is 22.1 Å². The van der Waals surface area contributed by atoms with Gasteiger partial charge in [-0.3, -0.25) is 0 Å². The van der Waals surface area contributed by atoms with Crippen LogP contribution in [0.15, 0.2) is 47.6 Å². The molecule has 2 aromatic rings. The minimum absolute atomic E-state index is 0.0548. The highest BCUT2D eigenvalue weighted by Crippen LogP contribution is 2.25. The summed E-state index contributed by atoms with van der Waals surface area (Å²) in [7, 11) is -3.03. The normalized spacial score (nSPS) is 17.2. The Hall–Kier alpha value is -2.32. The van der Waals surface area contributed by atoms with Gasteiger partial charge in [0.1, 0.15) is 5.82 Å². The van der Waals surface area contributed by atoms with E-state index in [2.05, 4.69) is 25.5 Å². The van der Waals surface area contributed by atoms with E-state index < -0.39 is 9.84 Å². The van der Waals surface area contributed by atoms with E-state index in [0.717, 1.165) is 49.0 Å². The highest BCUT2D eigenvalue weighted by molar-refractivity contribution is 7.89. The first kappa shape index (κ1) is 22.4. The Kier molecular flexibility index (Phi) is 7.55. The summed E-state index contributed by atoms with van der Waals surface area (Å²) in [4.78, 5) is 11.3. The molecular weight excluding hydrogens is 422 g/mol. The number of aliphatic imine (C=N–C) groups is 1. The Morgan fingerprint density at radius 3 is 2.67 bits per heavy atom. The second kappa shape index (κ2) is 10.1. The first-order valence-electron chi connectivity index (χ1n) is 10.00. The Balaban J connectivity index is 1.59. The zero-order valence-corrected chi connectivity index (χ0v) is 18.9. The lowest BCUT2D eigenvalue weighted by molar-refractivity contribution is 0.601. The Labute approximate surface area is 183 Å². The van der Waals surface area contributed by atoms with Crippen molar-refractivity contribution in [1.29, 1.82) is 0 Å². The number of nitrogens with zero attached hydrogens (tertiary/aromatic N) is 3. The fourth-order valence-electron chi connectivity index (χ4n) is 3.41. The average Bonchev–Trinajstić information content (AvgIpc) is 3.15. The highest BCUT2D eigenvalue weighted by atomic mass is 35.5. The second-order valence-corrected chi connectivity index (χ2v) is 10.0. The molecule has 0 aliphatic carbocycles. The van der Waals surface area contributed by atoms with Gasteiger partial charge in [-0.1, -0.05) is 35.9 Å².